The number of aryl methyl sites for hydroxylation is 3. The van der Waals surface area contributed by atoms with Crippen LogP contribution in [-0.2, 0) is 17.6 Å². The van der Waals surface area contributed by atoms with Gasteiger partial charge in [0.15, 0.2) is 0 Å². The minimum absolute atomic E-state index is 0.250. The molecule has 1 amide bonds. The third-order valence-corrected chi connectivity index (χ3v) is 6.86. The maximum atomic E-state index is 10.2. The maximum Gasteiger partial charge on any atom is 0.204 e. The molecule has 0 fully saturated rings. The van der Waals surface area contributed by atoms with Crippen LogP contribution in [0.15, 0.2) is 71.6 Å². The van der Waals surface area contributed by atoms with Crippen molar-refractivity contribution in [1.29, 1.82) is 0 Å². The second kappa shape index (κ2) is 12.7. The number of primary amides is 1. The molecule has 186 valence electrons. The van der Waals surface area contributed by atoms with E-state index in [-0.39, 0.29) is 6.41 Å². The van der Waals surface area contributed by atoms with Crippen LogP contribution in [0.25, 0.3) is 16.9 Å². The number of nitrogens with two attached hydrogens (primary N) is 1. The van der Waals surface area contributed by atoms with Crippen molar-refractivity contribution >= 4 is 30.1 Å². The number of rotatable bonds is 4. The molecule has 36 heavy (non-hydrogen) atoms. The van der Waals surface area contributed by atoms with Crippen LogP contribution in [0.4, 0.5) is 5.69 Å². The minimum atomic E-state index is 0.250. The highest BCUT2D eigenvalue weighted by Gasteiger charge is 2.24. The number of fused-ring (bicyclic) bond motifs is 3. The Balaban J connectivity index is 0.000000251. The van der Waals surface area contributed by atoms with Gasteiger partial charge in [-0.25, -0.2) is 4.68 Å². The smallest absolute Gasteiger partial charge is 0.204 e. The summed E-state index contributed by atoms with van der Waals surface area (Å²) >= 11 is 1.76. The van der Waals surface area contributed by atoms with E-state index in [1.165, 1.54) is 27.3 Å². The molecule has 0 aliphatic heterocycles. The van der Waals surface area contributed by atoms with Crippen molar-refractivity contribution in [3.8, 4) is 16.9 Å². The van der Waals surface area contributed by atoms with Crippen LogP contribution < -0.4 is 11.1 Å². The summed E-state index contributed by atoms with van der Waals surface area (Å²) in [6, 6.07) is 22.8. The predicted octanol–water partition coefficient (Wildman–Crippen LogP) is 5.62. The van der Waals surface area contributed by atoms with Gasteiger partial charge in [0.25, 0.3) is 0 Å². The molecule has 1 heterocycles. The zero-order valence-electron chi connectivity index (χ0n) is 21.1. The quantitative estimate of drug-likeness (QED) is 0.280. The standard InChI is InChI=1S/C20H21N3S.C8H8O.CH3NO/c1-13-18-11-5-14-4-6-15(21-2)12-19(14)20(18)23(22-13)16-7-9-17(24-3)10-8-16;1-7-4-2-3-5-8(7)6-9;2-1-3/h4,6-10,12,21H,5,11H2,1-3H3;2-6H,1H3;1H,(H2,2,3). The molecule has 3 N–H and O–H groups in total. The predicted molar refractivity (Wildman–Crippen MR) is 149 cm³/mol. The zero-order valence-corrected chi connectivity index (χ0v) is 21.9. The molecule has 0 saturated heterocycles. The molecule has 4 aromatic rings. The first-order valence-electron chi connectivity index (χ1n) is 11.7. The van der Waals surface area contributed by atoms with Crippen molar-refractivity contribution in [2.75, 3.05) is 18.6 Å². The third kappa shape index (κ3) is 6.04. The molecule has 0 spiro atoms. The molecule has 0 saturated carbocycles. The van der Waals surface area contributed by atoms with Gasteiger partial charge in [-0.1, -0.05) is 30.3 Å². The minimum Gasteiger partial charge on any atom is -0.388 e. The summed E-state index contributed by atoms with van der Waals surface area (Å²) in [5.41, 5.74) is 14.7. The molecular formula is C29H32N4O2S. The van der Waals surface area contributed by atoms with Gasteiger partial charge >= 0.3 is 0 Å². The number of amides is 1. The van der Waals surface area contributed by atoms with E-state index in [4.69, 9.17) is 9.89 Å². The Morgan fingerprint density at radius 3 is 2.28 bits per heavy atom. The van der Waals surface area contributed by atoms with Crippen LogP contribution in [0.2, 0.25) is 0 Å². The summed E-state index contributed by atoms with van der Waals surface area (Å²) in [5, 5.41) is 8.12. The molecule has 0 radical (unpaired) electrons. The van der Waals surface area contributed by atoms with Gasteiger partial charge in [-0.3, -0.25) is 9.59 Å². The van der Waals surface area contributed by atoms with Crippen LogP contribution in [0.5, 0.6) is 0 Å². The average molecular weight is 501 g/mol. The summed E-state index contributed by atoms with van der Waals surface area (Å²) in [7, 11) is 1.97. The lowest BCUT2D eigenvalue weighted by Crippen LogP contribution is -2.08. The molecule has 1 aliphatic carbocycles. The highest BCUT2D eigenvalue weighted by Crippen LogP contribution is 2.38. The molecule has 6 nitrogen and oxygen atoms in total. The van der Waals surface area contributed by atoms with E-state index in [1.54, 1.807) is 11.8 Å². The van der Waals surface area contributed by atoms with Crippen LogP contribution in [-0.4, -0.2) is 35.8 Å². The number of aldehydes is 1. The number of aromatic nitrogens is 2. The van der Waals surface area contributed by atoms with Crippen LogP contribution >= 0.6 is 11.8 Å². The van der Waals surface area contributed by atoms with Crippen LogP contribution in [0.3, 0.4) is 0 Å². The summed E-state index contributed by atoms with van der Waals surface area (Å²) in [6.45, 7) is 4.04. The van der Waals surface area contributed by atoms with Gasteiger partial charge in [-0.15, -0.1) is 11.8 Å². The Bertz CT molecular complexity index is 1330. The fourth-order valence-corrected chi connectivity index (χ4v) is 4.60. The molecule has 0 bridgehead atoms. The van der Waals surface area contributed by atoms with Crippen LogP contribution in [0, 0.1) is 13.8 Å². The number of hydrogen-bond donors (Lipinski definition) is 2. The van der Waals surface area contributed by atoms with Gasteiger partial charge in [-0.05, 0) is 80.5 Å². The second-order valence-corrected chi connectivity index (χ2v) is 9.13. The summed E-state index contributed by atoms with van der Waals surface area (Å²) in [5.74, 6) is 0. The first-order valence-corrected chi connectivity index (χ1v) is 12.9. The van der Waals surface area contributed by atoms with Crippen molar-refractivity contribution in [3.63, 3.8) is 0 Å². The van der Waals surface area contributed by atoms with Gasteiger partial charge in [0.2, 0.25) is 6.41 Å². The third-order valence-electron chi connectivity index (χ3n) is 6.11. The topological polar surface area (TPSA) is 90.0 Å². The molecule has 3 aromatic carbocycles. The van der Waals surface area contributed by atoms with E-state index in [9.17, 15) is 4.79 Å². The van der Waals surface area contributed by atoms with Gasteiger partial charge in [0.05, 0.1) is 17.1 Å². The summed E-state index contributed by atoms with van der Waals surface area (Å²) in [4.78, 5) is 20.1. The lowest BCUT2D eigenvalue weighted by atomic mass is 9.88. The highest BCUT2D eigenvalue weighted by atomic mass is 32.2. The van der Waals surface area contributed by atoms with E-state index in [0.29, 0.717) is 0 Å². The highest BCUT2D eigenvalue weighted by molar-refractivity contribution is 7.98. The first kappa shape index (κ1) is 26.8. The van der Waals surface area contributed by atoms with Crippen molar-refractivity contribution in [3.05, 3.63) is 94.7 Å². The molecule has 1 aromatic heterocycles. The normalized spacial score (nSPS) is 11.0. The number of nitrogens with one attached hydrogen (secondary N) is 1. The van der Waals surface area contributed by atoms with Crippen molar-refractivity contribution < 1.29 is 9.59 Å². The van der Waals surface area contributed by atoms with E-state index in [1.807, 2.05) is 38.2 Å². The lowest BCUT2D eigenvalue weighted by molar-refractivity contribution is -0.106. The Labute approximate surface area is 216 Å². The lowest BCUT2D eigenvalue weighted by Gasteiger charge is -2.20. The van der Waals surface area contributed by atoms with E-state index in [2.05, 4.69) is 71.4 Å². The van der Waals surface area contributed by atoms with Gasteiger partial charge in [0.1, 0.15) is 6.29 Å². The summed E-state index contributed by atoms with van der Waals surface area (Å²) < 4.78 is 2.12. The van der Waals surface area contributed by atoms with E-state index in [0.717, 1.165) is 47.3 Å². The Morgan fingerprint density at radius 1 is 1.00 bits per heavy atom. The number of benzene rings is 3. The van der Waals surface area contributed by atoms with Crippen molar-refractivity contribution in [1.82, 2.24) is 9.78 Å². The van der Waals surface area contributed by atoms with Crippen LogP contribution in [0.1, 0.15) is 32.7 Å². The number of anilines is 1. The maximum absolute atomic E-state index is 10.2. The van der Waals surface area contributed by atoms with Gasteiger partial charge < -0.3 is 11.1 Å². The Hall–Kier alpha value is -3.84. The SMILES string of the molecule is CNc1ccc2c(c1)-c1c(c(C)nn1-c1ccc(SC)cc1)CC2.Cc1ccccc1C=O.NC=O. The van der Waals surface area contributed by atoms with E-state index < -0.39 is 0 Å². The fraction of sp³-hybridized carbons (Fsp3) is 0.207. The number of nitrogens with zero attached hydrogens (tertiary/aromatic N) is 2. The van der Waals surface area contributed by atoms with Crippen molar-refractivity contribution in [2.24, 2.45) is 5.73 Å². The Kier molecular flexibility index (Phi) is 9.47. The Morgan fingerprint density at radius 2 is 1.69 bits per heavy atom. The molecular weight excluding hydrogens is 468 g/mol. The van der Waals surface area contributed by atoms with Gasteiger partial charge in [0, 0.05) is 34.3 Å². The van der Waals surface area contributed by atoms with E-state index >= 15 is 0 Å². The average Bonchev–Trinajstić information content (AvgIpc) is 3.26. The molecule has 7 heteroatoms. The van der Waals surface area contributed by atoms with Crippen molar-refractivity contribution in [2.45, 2.75) is 31.6 Å². The largest absolute Gasteiger partial charge is 0.388 e. The number of carbonyl (C=O) groups excluding carboxylic acids is 2. The zero-order chi connectivity index (χ0) is 26.1. The molecule has 0 unspecified atom stereocenters. The monoisotopic (exact) mass is 500 g/mol. The molecule has 0 atom stereocenters. The number of hydrogen-bond acceptors (Lipinski definition) is 5. The number of thioether (sulfide) groups is 1. The molecule has 5 rings (SSSR count). The fourth-order valence-electron chi connectivity index (χ4n) is 4.19. The summed E-state index contributed by atoms with van der Waals surface area (Å²) in [6.07, 6.45) is 5.38. The van der Waals surface area contributed by atoms with Gasteiger partial charge in [-0.2, -0.15) is 5.10 Å². The molecule has 1 aliphatic rings. The second-order valence-electron chi connectivity index (χ2n) is 8.25. The number of carbonyl (C=O) groups is 2. The first-order chi connectivity index (χ1) is 17.5.